The molecule has 0 aliphatic heterocycles. The van der Waals surface area contributed by atoms with Gasteiger partial charge in [0.1, 0.15) is 0 Å². The van der Waals surface area contributed by atoms with E-state index in [0.29, 0.717) is 23.3 Å². The number of benzene rings is 2. The molecule has 0 amide bonds. The largest absolute Gasteiger partial charge is 0.490 e. The Kier molecular flexibility index (Phi) is 6.88. The van der Waals surface area contributed by atoms with Gasteiger partial charge in [0.05, 0.1) is 6.61 Å². The summed E-state index contributed by atoms with van der Waals surface area (Å²) in [6.07, 6.45) is 8.12. The Bertz CT molecular complexity index is 912. The molecule has 0 aromatic heterocycles. The molecule has 0 saturated heterocycles. The van der Waals surface area contributed by atoms with E-state index in [1.807, 2.05) is 0 Å². The average Bonchev–Trinajstić information content (AvgIpc) is 2.80. The number of rotatable bonds is 5. The molecule has 2 aromatic rings. The minimum atomic E-state index is -0.894. The number of aryl methyl sites for hydroxylation is 1. The minimum Gasteiger partial charge on any atom is -0.490 e. The van der Waals surface area contributed by atoms with Crippen LogP contribution in [0.3, 0.4) is 0 Å². The van der Waals surface area contributed by atoms with Crippen LogP contribution in [-0.2, 0) is 0 Å². The molecule has 0 N–H and O–H groups in total. The van der Waals surface area contributed by atoms with Gasteiger partial charge in [0, 0.05) is 0 Å². The molecule has 2 aliphatic carbocycles. The van der Waals surface area contributed by atoms with Crippen LogP contribution in [0, 0.1) is 36.1 Å². The normalized spacial score (nSPS) is 22.5. The van der Waals surface area contributed by atoms with Crippen LogP contribution in [0.4, 0.5) is 17.6 Å². The molecule has 0 bridgehead atoms. The van der Waals surface area contributed by atoms with E-state index in [-0.39, 0.29) is 23.5 Å². The quantitative estimate of drug-likeness (QED) is 0.434. The van der Waals surface area contributed by atoms with E-state index in [9.17, 15) is 17.6 Å². The van der Waals surface area contributed by atoms with Crippen molar-refractivity contribution in [2.24, 2.45) is 5.92 Å². The summed E-state index contributed by atoms with van der Waals surface area (Å²) in [5, 5.41) is 0. The third-order valence-corrected chi connectivity index (χ3v) is 7.19. The SMILES string of the molecule is Cc1ccc(C2CCC(COc3ccc(C4CCCCC4)c(F)c3F)CC2)c(F)c1F. The molecule has 4 rings (SSSR count). The Hall–Kier alpha value is -2.04. The van der Waals surface area contributed by atoms with Crippen LogP contribution in [0.1, 0.15) is 86.3 Å². The van der Waals surface area contributed by atoms with E-state index in [0.717, 1.165) is 57.8 Å². The summed E-state index contributed by atoms with van der Waals surface area (Å²) in [5.74, 6) is -2.94. The molecule has 2 saturated carbocycles. The first-order chi connectivity index (χ1) is 15.0. The third kappa shape index (κ3) is 4.75. The maximum Gasteiger partial charge on any atom is 0.200 e. The van der Waals surface area contributed by atoms with Gasteiger partial charge in [0.25, 0.3) is 0 Å². The predicted octanol–water partition coefficient (Wildman–Crippen LogP) is 7.95. The fourth-order valence-electron chi connectivity index (χ4n) is 5.21. The van der Waals surface area contributed by atoms with Crippen LogP contribution in [0.15, 0.2) is 24.3 Å². The van der Waals surface area contributed by atoms with Gasteiger partial charge < -0.3 is 4.74 Å². The van der Waals surface area contributed by atoms with Crippen LogP contribution in [0.25, 0.3) is 0 Å². The molecule has 0 spiro atoms. The highest BCUT2D eigenvalue weighted by Gasteiger charge is 2.27. The second-order valence-electron chi connectivity index (χ2n) is 9.24. The van der Waals surface area contributed by atoms with Crippen LogP contribution in [0.2, 0.25) is 0 Å². The van der Waals surface area contributed by atoms with Crippen molar-refractivity contribution >= 4 is 0 Å². The molecule has 2 aromatic carbocycles. The second-order valence-corrected chi connectivity index (χ2v) is 9.24. The van der Waals surface area contributed by atoms with Crippen molar-refractivity contribution in [3.8, 4) is 5.75 Å². The summed E-state index contributed by atoms with van der Waals surface area (Å²) in [5.41, 5.74) is 1.22. The maximum absolute atomic E-state index is 14.6. The van der Waals surface area contributed by atoms with Crippen LogP contribution >= 0.6 is 0 Å². The average molecular weight is 435 g/mol. The Morgan fingerprint density at radius 3 is 1.94 bits per heavy atom. The first kappa shape index (κ1) is 22.2. The number of hydrogen-bond acceptors (Lipinski definition) is 1. The zero-order chi connectivity index (χ0) is 22.0. The first-order valence-electron chi connectivity index (χ1n) is 11.5. The van der Waals surface area contributed by atoms with Crippen molar-refractivity contribution in [2.75, 3.05) is 6.61 Å². The van der Waals surface area contributed by atoms with Gasteiger partial charge in [0.15, 0.2) is 23.2 Å². The Morgan fingerprint density at radius 2 is 1.26 bits per heavy atom. The Labute approximate surface area is 181 Å². The molecule has 2 aliphatic rings. The van der Waals surface area contributed by atoms with Gasteiger partial charge in [-0.15, -0.1) is 0 Å². The fraction of sp³-hybridized carbons (Fsp3) is 0.538. The van der Waals surface area contributed by atoms with E-state index in [2.05, 4.69) is 0 Å². The molecular weight excluding hydrogens is 404 g/mol. The fourth-order valence-corrected chi connectivity index (χ4v) is 5.21. The van der Waals surface area contributed by atoms with Gasteiger partial charge in [-0.1, -0.05) is 37.5 Å². The monoisotopic (exact) mass is 434 g/mol. The van der Waals surface area contributed by atoms with E-state index in [4.69, 9.17) is 4.74 Å². The van der Waals surface area contributed by atoms with Crippen molar-refractivity contribution in [1.82, 2.24) is 0 Å². The molecule has 0 radical (unpaired) electrons. The van der Waals surface area contributed by atoms with Crippen molar-refractivity contribution in [1.29, 1.82) is 0 Å². The highest BCUT2D eigenvalue weighted by atomic mass is 19.2. The van der Waals surface area contributed by atoms with Gasteiger partial charge in [-0.05, 0) is 86.0 Å². The van der Waals surface area contributed by atoms with E-state index in [1.54, 1.807) is 31.2 Å². The summed E-state index contributed by atoms with van der Waals surface area (Å²) in [6, 6.07) is 6.53. The molecule has 2 fully saturated rings. The minimum absolute atomic E-state index is 0.0182. The van der Waals surface area contributed by atoms with E-state index in [1.165, 1.54) is 0 Å². The third-order valence-electron chi connectivity index (χ3n) is 7.19. The van der Waals surface area contributed by atoms with Gasteiger partial charge >= 0.3 is 0 Å². The Balaban J connectivity index is 1.34. The molecular formula is C26H30F4O. The molecule has 168 valence electrons. The standard InChI is InChI=1S/C26H30F4O/c1-16-7-12-20(24(28)23(16)27)19-10-8-17(9-11-19)15-31-22-14-13-21(25(29)26(22)30)18-5-3-2-4-6-18/h7,12-14,17-19H,2-6,8-11,15H2,1H3. The van der Waals surface area contributed by atoms with Gasteiger partial charge in [0.2, 0.25) is 5.82 Å². The molecule has 0 unspecified atom stereocenters. The van der Waals surface area contributed by atoms with Gasteiger partial charge in [-0.2, -0.15) is 4.39 Å². The smallest absolute Gasteiger partial charge is 0.200 e. The second kappa shape index (κ2) is 9.62. The Morgan fingerprint density at radius 1 is 0.677 bits per heavy atom. The molecule has 5 heteroatoms. The van der Waals surface area contributed by atoms with Crippen molar-refractivity contribution in [3.05, 3.63) is 64.2 Å². The summed E-state index contributed by atoms with van der Waals surface area (Å²) in [4.78, 5) is 0. The highest BCUT2D eigenvalue weighted by molar-refractivity contribution is 5.33. The summed E-state index contributed by atoms with van der Waals surface area (Å²) < 4.78 is 63.0. The summed E-state index contributed by atoms with van der Waals surface area (Å²) >= 11 is 0. The van der Waals surface area contributed by atoms with Gasteiger partial charge in [-0.3, -0.25) is 0 Å². The predicted molar refractivity (Wildman–Crippen MR) is 113 cm³/mol. The zero-order valence-electron chi connectivity index (χ0n) is 18.0. The lowest BCUT2D eigenvalue weighted by Gasteiger charge is -2.29. The molecule has 1 nitrogen and oxygen atoms in total. The van der Waals surface area contributed by atoms with Crippen LogP contribution < -0.4 is 4.74 Å². The number of ether oxygens (including phenoxy) is 1. The lowest BCUT2D eigenvalue weighted by atomic mass is 9.78. The van der Waals surface area contributed by atoms with E-state index < -0.39 is 23.3 Å². The highest BCUT2D eigenvalue weighted by Crippen LogP contribution is 2.39. The number of hydrogen-bond donors (Lipinski definition) is 0. The lowest BCUT2D eigenvalue weighted by molar-refractivity contribution is 0.191. The first-order valence-corrected chi connectivity index (χ1v) is 11.5. The zero-order valence-corrected chi connectivity index (χ0v) is 18.0. The van der Waals surface area contributed by atoms with Crippen LogP contribution in [0.5, 0.6) is 5.75 Å². The maximum atomic E-state index is 14.6. The van der Waals surface area contributed by atoms with Crippen molar-refractivity contribution in [2.45, 2.75) is 76.5 Å². The molecule has 0 atom stereocenters. The van der Waals surface area contributed by atoms with Crippen molar-refractivity contribution in [3.63, 3.8) is 0 Å². The molecule has 0 heterocycles. The van der Waals surface area contributed by atoms with Gasteiger partial charge in [-0.25, -0.2) is 13.2 Å². The topological polar surface area (TPSA) is 9.23 Å². The van der Waals surface area contributed by atoms with Crippen LogP contribution in [-0.4, -0.2) is 6.61 Å². The summed E-state index contributed by atoms with van der Waals surface area (Å²) in [6.45, 7) is 1.86. The summed E-state index contributed by atoms with van der Waals surface area (Å²) in [7, 11) is 0. The molecule has 31 heavy (non-hydrogen) atoms. The van der Waals surface area contributed by atoms with E-state index >= 15 is 0 Å². The number of halogens is 4. The lowest BCUT2D eigenvalue weighted by Crippen LogP contribution is -2.20. The van der Waals surface area contributed by atoms with Crippen molar-refractivity contribution < 1.29 is 22.3 Å².